The van der Waals surface area contributed by atoms with Crippen molar-refractivity contribution >= 4 is 11.8 Å². The number of hydrogen-bond donors (Lipinski definition) is 1. The molecule has 0 fully saturated rings. The van der Waals surface area contributed by atoms with Crippen LogP contribution in [0.4, 0.5) is 4.39 Å². The van der Waals surface area contributed by atoms with Gasteiger partial charge in [0.15, 0.2) is 0 Å². The zero-order valence-electron chi connectivity index (χ0n) is 14.2. The number of nitrogens with one attached hydrogen (secondary N) is 1. The minimum atomic E-state index is -0.220. The molecular weight excluding hydrogens is 319 g/mol. The Morgan fingerprint density at radius 3 is 2.32 bits per heavy atom. The number of hydrogen-bond acceptors (Lipinski definition) is 3. The summed E-state index contributed by atoms with van der Waals surface area (Å²) in [5, 5.41) is 3.32. The number of carbonyl (C=O) groups excluding carboxylic acids is 2. The fraction of sp³-hybridized carbons (Fsp3) is 0.300. The molecule has 2 aromatic carbocycles. The molecule has 0 atom stereocenters. The monoisotopic (exact) mass is 340 g/mol. The van der Waals surface area contributed by atoms with Gasteiger partial charge in [-0.1, -0.05) is 18.2 Å². The van der Waals surface area contributed by atoms with Gasteiger partial charge in [0.1, 0.15) is 5.82 Å². The van der Waals surface area contributed by atoms with Gasteiger partial charge in [-0.15, -0.1) is 0 Å². The van der Waals surface area contributed by atoms with Gasteiger partial charge in [0.25, 0.3) is 11.8 Å². The minimum Gasteiger partial charge on any atom is -0.313 e. The van der Waals surface area contributed by atoms with Crippen molar-refractivity contribution in [3.63, 3.8) is 0 Å². The largest absolute Gasteiger partial charge is 0.313 e. The Kier molecular flexibility index (Phi) is 5.24. The first-order valence-electron chi connectivity index (χ1n) is 8.49. The Hall–Kier alpha value is -2.53. The third-order valence-electron chi connectivity index (χ3n) is 4.48. The van der Waals surface area contributed by atoms with E-state index < -0.39 is 0 Å². The van der Waals surface area contributed by atoms with E-state index in [4.69, 9.17) is 0 Å². The van der Waals surface area contributed by atoms with Gasteiger partial charge >= 0.3 is 0 Å². The Balaban J connectivity index is 1.41. The van der Waals surface area contributed by atoms with Crippen molar-refractivity contribution in [2.45, 2.75) is 26.3 Å². The number of fused-ring (bicyclic) bond motifs is 1. The van der Waals surface area contributed by atoms with Crippen molar-refractivity contribution in [2.24, 2.45) is 0 Å². The van der Waals surface area contributed by atoms with Crippen molar-refractivity contribution in [2.75, 3.05) is 13.1 Å². The molecule has 2 aromatic rings. The van der Waals surface area contributed by atoms with E-state index in [9.17, 15) is 14.0 Å². The molecule has 25 heavy (non-hydrogen) atoms. The summed E-state index contributed by atoms with van der Waals surface area (Å²) in [6.45, 7) is 3.78. The van der Waals surface area contributed by atoms with Gasteiger partial charge < -0.3 is 5.32 Å². The minimum absolute atomic E-state index is 0.199. The lowest BCUT2D eigenvalue weighted by Gasteiger charge is -2.14. The van der Waals surface area contributed by atoms with Crippen LogP contribution in [0.5, 0.6) is 0 Å². The number of benzene rings is 2. The average Bonchev–Trinajstić information content (AvgIpc) is 2.84. The van der Waals surface area contributed by atoms with Gasteiger partial charge in [0.05, 0.1) is 11.1 Å². The van der Waals surface area contributed by atoms with Crippen LogP contribution in [0, 0.1) is 12.7 Å². The summed E-state index contributed by atoms with van der Waals surface area (Å²) in [6.07, 6.45) is 1.61. The van der Waals surface area contributed by atoms with E-state index >= 15 is 0 Å². The predicted molar refractivity (Wildman–Crippen MR) is 93.9 cm³/mol. The molecule has 0 spiro atoms. The van der Waals surface area contributed by atoms with Gasteiger partial charge in [-0.05, 0) is 61.7 Å². The number of halogens is 1. The number of amides is 2. The van der Waals surface area contributed by atoms with Crippen LogP contribution in [-0.4, -0.2) is 29.8 Å². The van der Waals surface area contributed by atoms with Gasteiger partial charge in [-0.2, -0.15) is 0 Å². The van der Waals surface area contributed by atoms with E-state index in [-0.39, 0.29) is 17.6 Å². The summed E-state index contributed by atoms with van der Waals surface area (Å²) in [6, 6.07) is 11.7. The van der Waals surface area contributed by atoms with Crippen molar-refractivity contribution in [1.29, 1.82) is 0 Å². The molecule has 0 saturated carbocycles. The maximum atomic E-state index is 13.1. The fourth-order valence-electron chi connectivity index (χ4n) is 3.04. The van der Waals surface area contributed by atoms with Gasteiger partial charge in [0.2, 0.25) is 0 Å². The van der Waals surface area contributed by atoms with Crippen LogP contribution in [0.25, 0.3) is 0 Å². The molecule has 3 rings (SSSR count). The van der Waals surface area contributed by atoms with Crippen LogP contribution in [0.3, 0.4) is 0 Å². The lowest BCUT2D eigenvalue weighted by Crippen LogP contribution is -2.31. The number of unbranched alkanes of at least 4 members (excludes halogenated alkanes) is 1. The number of imide groups is 1. The van der Waals surface area contributed by atoms with Crippen LogP contribution in [0.1, 0.15) is 44.7 Å². The lowest BCUT2D eigenvalue weighted by molar-refractivity contribution is 0.0651. The van der Waals surface area contributed by atoms with E-state index in [0.29, 0.717) is 24.2 Å². The van der Waals surface area contributed by atoms with E-state index in [2.05, 4.69) is 5.32 Å². The Morgan fingerprint density at radius 1 is 1.00 bits per heavy atom. The second-order valence-electron chi connectivity index (χ2n) is 6.26. The van der Waals surface area contributed by atoms with Crippen LogP contribution in [0.15, 0.2) is 42.5 Å². The van der Waals surface area contributed by atoms with E-state index in [1.165, 1.54) is 17.0 Å². The summed E-state index contributed by atoms with van der Waals surface area (Å²) >= 11 is 0. The Morgan fingerprint density at radius 2 is 1.68 bits per heavy atom. The third-order valence-corrected chi connectivity index (χ3v) is 4.48. The second kappa shape index (κ2) is 7.57. The average molecular weight is 340 g/mol. The smallest absolute Gasteiger partial charge is 0.261 e. The molecule has 0 unspecified atom stereocenters. The highest BCUT2D eigenvalue weighted by atomic mass is 19.1. The molecule has 0 radical (unpaired) electrons. The highest BCUT2D eigenvalue weighted by Crippen LogP contribution is 2.22. The van der Waals surface area contributed by atoms with Crippen molar-refractivity contribution in [3.8, 4) is 0 Å². The summed E-state index contributed by atoms with van der Waals surface area (Å²) < 4.78 is 13.1. The summed E-state index contributed by atoms with van der Waals surface area (Å²) in [4.78, 5) is 25.8. The lowest BCUT2D eigenvalue weighted by atomic mass is 10.1. The summed E-state index contributed by atoms with van der Waals surface area (Å²) in [5.41, 5.74) is 3.00. The third kappa shape index (κ3) is 3.77. The zero-order chi connectivity index (χ0) is 17.8. The maximum Gasteiger partial charge on any atom is 0.261 e. The van der Waals surface area contributed by atoms with E-state index in [0.717, 1.165) is 30.5 Å². The highest BCUT2D eigenvalue weighted by Gasteiger charge is 2.34. The van der Waals surface area contributed by atoms with Crippen molar-refractivity contribution < 1.29 is 14.0 Å². The number of aryl methyl sites for hydroxylation is 1. The van der Waals surface area contributed by atoms with Crippen molar-refractivity contribution in [3.05, 3.63) is 70.5 Å². The van der Waals surface area contributed by atoms with Crippen LogP contribution < -0.4 is 5.32 Å². The molecule has 1 aliphatic rings. The Labute approximate surface area is 146 Å². The normalized spacial score (nSPS) is 13.4. The van der Waals surface area contributed by atoms with E-state index in [1.807, 2.05) is 6.92 Å². The van der Waals surface area contributed by atoms with Crippen LogP contribution in [0.2, 0.25) is 0 Å². The molecule has 1 N–H and O–H groups in total. The van der Waals surface area contributed by atoms with Gasteiger partial charge in [0, 0.05) is 13.1 Å². The molecule has 1 aliphatic heterocycles. The molecule has 2 amide bonds. The quantitative estimate of drug-likeness (QED) is 0.621. The molecule has 1 heterocycles. The van der Waals surface area contributed by atoms with Gasteiger partial charge in [-0.3, -0.25) is 14.5 Å². The number of rotatable bonds is 7. The molecule has 0 saturated heterocycles. The maximum absolute atomic E-state index is 13.1. The molecule has 0 aliphatic carbocycles. The first kappa shape index (κ1) is 17.3. The molecule has 5 heteroatoms. The van der Waals surface area contributed by atoms with Crippen molar-refractivity contribution in [1.82, 2.24) is 10.2 Å². The molecule has 0 aromatic heterocycles. The first-order chi connectivity index (χ1) is 12.1. The predicted octanol–water partition coefficient (Wildman–Crippen LogP) is 3.30. The summed E-state index contributed by atoms with van der Waals surface area (Å²) in [7, 11) is 0. The SMILES string of the molecule is Cc1cc(F)ccc1CNCCCCN1C(=O)c2ccccc2C1=O. The van der Waals surface area contributed by atoms with Crippen LogP contribution in [-0.2, 0) is 6.54 Å². The van der Waals surface area contributed by atoms with Crippen LogP contribution >= 0.6 is 0 Å². The first-order valence-corrected chi connectivity index (χ1v) is 8.49. The Bertz CT molecular complexity index is 769. The zero-order valence-corrected chi connectivity index (χ0v) is 14.2. The summed E-state index contributed by atoms with van der Waals surface area (Å²) in [5.74, 6) is -0.617. The second-order valence-corrected chi connectivity index (χ2v) is 6.26. The standard InChI is InChI=1S/C20H21FN2O2/c1-14-12-16(21)9-8-15(14)13-22-10-4-5-11-23-19(24)17-6-2-3-7-18(17)20(23)25/h2-3,6-9,12,22H,4-5,10-11,13H2,1H3. The van der Waals surface area contributed by atoms with Gasteiger partial charge in [-0.25, -0.2) is 4.39 Å². The molecule has 130 valence electrons. The fourth-order valence-corrected chi connectivity index (χ4v) is 3.04. The molecule has 0 bridgehead atoms. The number of nitrogens with zero attached hydrogens (tertiary/aromatic N) is 1. The highest BCUT2D eigenvalue weighted by molar-refractivity contribution is 6.21. The number of carbonyl (C=O) groups is 2. The van der Waals surface area contributed by atoms with E-state index in [1.54, 1.807) is 30.3 Å². The molecule has 4 nitrogen and oxygen atoms in total. The topological polar surface area (TPSA) is 49.4 Å². The molecular formula is C20H21FN2O2.